The summed E-state index contributed by atoms with van der Waals surface area (Å²) in [6.07, 6.45) is 0. The zero-order valence-corrected chi connectivity index (χ0v) is 16.7. The van der Waals surface area contributed by atoms with Gasteiger partial charge in [0.15, 0.2) is 5.92 Å². The van der Waals surface area contributed by atoms with E-state index in [0.29, 0.717) is 0 Å². The van der Waals surface area contributed by atoms with Crippen LogP contribution in [0.5, 0.6) is 0 Å². The molecule has 1 N–H and O–H groups in total. The molecule has 2 atom stereocenters. The second-order valence-electron chi connectivity index (χ2n) is 5.93. The summed E-state index contributed by atoms with van der Waals surface area (Å²) >= 11 is 0. The fourth-order valence-electron chi connectivity index (χ4n) is 2.63. The van der Waals surface area contributed by atoms with Crippen molar-refractivity contribution in [3.63, 3.8) is 0 Å². The predicted octanol–water partition coefficient (Wildman–Crippen LogP) is 0.343. The van der Waals surface area contributed by atoms with Crippen LogP contribution < -0.4 is 5.32 Å². The first kappa shape index (κ1) is 23.6. The van der Waals surface area contributed by atoms with Crippen molar-refractivity contribution in [2.45, 2.75) is 13.0 Å². The van der Waals surface area contributed by atoms with Crippen molar-refractivity contribution < 1.29 is 42.9 Å². The molecule has 158 valence electrons. The third-order valence-corrected chi connectivity index (χ3v) is 4.25. The van der Waals surface area contributed by atoms with E-state index in [1.54, 1.807) is 0 Å². The highest BCUT2D eigenvalue weighted by atomic mass is 16.5. The van der Waals surface area contributed by atoms with Crippen LogP contribution in [0, 0.1) is 11.8 Å². The molecule has 0 saturated carbocycles. The Morgan fingerprint density at radius 2 is 1.31 bits per heavy atom. The molecule has 1 aromatic carbocycles. The van der Waals surface area contributed by atoms with E-state index in [2.05, 4.69) is 19.5 Å². The molecule has 0 heterocycles. The summed E-state index contributed by atoms with van der Waals surface area (Å²) in [5.74, 6) is -6.65. The summed E-state index contributed by atoms with van der Waals surface area (Å²) in [4.78, 5) is 60.6. The van der Waals surface area contributed by atoms with Gasteiger partial charge in [0, 0.05) is 11.5 Å². The average Bonchev–Trinajstić information content (AvgIpc) is 2.75. The third kappa shape index (κ3) is 5.77. The summed E-state index contributed by atoms with van der Waals surface area (Å²) < 4.78 is 18.5. The summed E-state index contributed by atoms with van der Waals surface area (Å²) in [6.45, 7) is 1.39. The first-order chi connectivity index (χ1) is 13.7. The van der Waals surface area contributed by atoms with Crippen molar-refractivity contribution in [3.8, 4) is 0 Å². The molecule has 10 nitrogen and oxygen atoms in total. The monoisotopic (exact) mass is 409 g/mol. The van der Waals surface area contributed by atoms with E-state index in [-0.39, 0.29) is 11.1 Å². The van der Waals surface area contributed by atoms with Crippen LogP contribution in [0.2, 0.25) is 0 Å². The number of carbonyl (C=O) groups excluding carboxylic acids is 5. The van der Waals surface area contributed by atoms with E-state index < -0.39 is 47.7 Å². The molecule has 0 aliphatic carbocycles. The zero-order valence-electron chi connectivity index (χ0n) is 16.7. The predicted molar refractivity (Wildman–Crippen MR) is 97.7 cm³/mol. The number of hydrogen-bond acceptors (Lipinski definition) is 9. The smallest absolute Gasteiger partial charge is 0.337 e. The van der Waals surface area contributed by atoms with Crippen LogP contribution in [0.25, 0.3) is 0 Å². The molecule has 0 bridgehead atoms. The maximum Gasteiger partial charge on any atom is 0.337 e. The number of nitrogens with one attached hydrogen (secondary N) is 1. The highest BCUT2D eigenvalue weighted by molar-refractivity contribution is 6.00. The van der Waals surface area contributed by atoms with Crippen LogP contribution in [-0.4, -0.2) is 64.3 Å². The van der Waals surface area contributed by atoms with E-state index in [1.165, 1.54) is 38.3 Å². The summed E-state index contributed by atoms with van der Waals surface area (Å²) in [5, 5.41) is 2.43. The van der Waals surface area contributed by atoms with E-state index in [1.807, 2.05) is 0 Å². The molecule has 0 aliphatic heterocycles. The lowest BCUT2D eigenvalue weighted by atomic mass is 9.87. The molecule has 0 aromatic heterocycles. The van der Waals surface area contributed by atoms with E-state index in [4.69, 9.17) is 4.74 Å². The second kappa shape index (κ2) is 10.8. The standard InChI is InChI=1S/C19H23NO9/c1-10(13(17(23)27-3)18(24)28-4)14(19(25)29-5)20-15(21)11-7-6-8-12(9-11)16(22)26-2/h6-10,13-14H,1-5H3,(H,20,21)/t10-,14+/m0/s1. The van der Waals surface area contributed by atoms with Gasteiger partial charge in [0.1, 0.15) is 6.04 Å². The number of benzene rings is 1. The van der Waals surface area contributed by atoms with Crippen LogP contribution >= 0.6 is 0 Å². The van der Waals surface area contributed by atoms with Gasteiger partial charge in [-0.1, -0.05) is 13.0 Å². The quantitative estimate of drug-likeness (QED) is 0.366. The number of esters is 4. The van der Waals surface area contributed by atoms with E-state index in [9.17, 15) is 24.0 Å². The van der Waals surface area contributed by atoms with Gasteiger partial charge in [0.05, 0.1) is 34.0 Å². The van der Waals surface area contributed by atoms with Gasteiger partial charge < -0.3 is 24.3 Å². The normalized spacial score (nSPS) is 12.3. The molecule has 1 rings (SSSR count). The topological polar surface area (TPSA) is 134 Å². The van der Waals surface area contributed by atoms with Crippen molar-refractivity contribution in [1.82, 2.24) is 5.32 Å². The van der Waals surface area contributed by atoms with Crippen LogP contribution in [0.4, 0.5) is 0 Å². The van der Waals surface area contributed by atoms with Gasteiger partial charge in [-0.3, -0.25) is 14.4 Å². The minimum Gasteiger partial charge on any atom is -0.468 e. The average molecular weight is 409 g/mol. The molecule has 0 spiro atoms. The summed E-state index contributed by atoms with van der Waals surface area (Å²) in [5.41, 5.74) is 0.187. The highest BCUT2D eigenvalue weighted by Crippen LogP contribution is 2.21. The van der Waals surface area contributed by atoms with Crippen LogP contribution in [0.15, 0.2) is 24.3 Å². The number of amides is 1. The number of rotatable bonds is 8. The Morgan fingerprint density at radius 3 is 1.79 bits per heavy atom. The van der Waals surface area contributed by atoms with Gasteiger partial charge >= 0.3 is 23.9 Å². The van der Waals surface area contributed by atoms with Crippen LogP contribution in [-0.2, 0) is 33.3 Å². The largest absolute Gasteiger partial charge is 0.468 e. The fourth-order valence-corrected chi connectivity index (χ4v) is 2.63. The van der Waals surface area contributed by atoms with Crippen LogP contribution in [0.3, 0.4) is 0 Å². The number of carbonyl (C=O) groups is 5. The maximum atomic E-state index is 12.6. The van der Waals surface area contributed by atoms with Gasteiger partial charge in [0.2, 0.25) is 0 Å². The Labute approximate surface area is 167 Å². The Balaban J connectivity index is 3.20. The molecule has 0 unspecified atom stereocenters. The lowest BCUT2D eigenvalue weighted by molar-refractivity contribution is -0.163. The Bertz CT molecular complexity index is 774. The maximum absolute atomic E-state index is 12.6. The molecule has 1 aromatic rings. The molecule has 0 fully saturated rings. The van der Waals surface area contributed by atoms with Crippen molar-refractivity contribution >= 4 is 29.8 Å². The minimum absolute atomic E-state index is 0.0571. The SMILES string of the molecule is COC(=O)c1cccc(C(=O)N[C@@H](C(=O)OC)[C@@H](C)C(C(=O)OC)C(=O)OC)c1. The molecule has 29 heavy (non-hydrogen) atoms. The molecular formula is C19H23NO9. The lowest BCUT2D eigenvalue weighted by Gasteiger charge is -2.27. The van der Waals surface area contributed by atoms with E-state index >= 15 is 0 Å². The second-order valence-corrected chi connectivity index (χ2v) is 5.93. The molecule has 0 saturated heterocycles. The Kier molecular flexibility index (Phi) is 8.78. The van der Waals surface area contributed by atoms with Gasteiger partial charge in [-0.05, 0) is 18.2 Å². The van der Waals surface area contributed by atoms with Gasteiger partial charge in [-0.15, -0.1) is 0 Å². The molecule has 0 aliphatic rings. The molecule has 10 heteroatoms. The third-order valence-electron chi connectivity index (χ3n) is 4.25. The molecule has 1 amide bonds. The first-order valence-electron chi connectivity index (χ1n) is 8.44. The van der Waals surface area contributed by atoms with E-state index in [0.717, 1.165) is 21.3 Å². The summed E-state index contributed by atoms with van der Waals surface area (Å²) in [7, 11) is 4.45. The first-order valence-corrected chi connectivity index (χ1v) is 8.44. The van der Waals surface area contributed by atoms with Gasteiger partial charge in [-0.2, -0.15) is 0 Å². The van der Waals surface area contributed by atoms with Crippen molar-refractivity contribution in [2.24, 2.45) is 11.8 Å². The van der Waals surface area contributed by atoms with Crippen molar-refractivity contribution in [3.05, 3.63) is 35.4 Å². The zero-order chi connectivity index (χ0) is 22.1. The number of hydrogen-bond donors (Lipinski definition) is 1. The van der Waals surface area contributed by atoms with Crippen molar-refractivity contribution in [2.75, 3.05) is 28.4 Å². The lowest BCUT2D eigenvalue weighted by Crippen LogP contribution is -2.51. The molecular weight excluding hydrogens is 386 g/mol. The van der Waals surface area contributed by atoms with Gasteiger partial charge in [-0.25, -0.2) is 9.59 Å². The highest BCUT2D eigenvalue weighted by Gasteiger charge is 2.42. The number of methoxy groups -OCH3 is 4. The van der Waals surface area contributed by atoms with Crippen molar-refractivity contribution in [1.29, 1.82) is 0 Å². The Morgan fingerprint density at radius 1 is 0.793 bits per heavy atom. The summed E-state index contributed by atoms with van der Waals surface area (Å²) in [6, 6.07) is 4.23. The fraction of sp³-hybridized carbons (Fsp3) is 0.421. The van der Waals surface area contributed by atoms with Gasteiger partial charge in [0.25, 0.3) is 5.91 Å². The molecule has 0 radical (unpaired) electrons. The van der Waals surface area contributed by atoms with Crippen LogP contribution in [0.1, 0.15) is 27.6 Å². The Hall–Kier alpha value is -3.43. The number of ether oxygens (including phenoxy) is 4. The minimum atomic E-state index is -1.48.